The molecule has 0 spiro atoms. The third-order valence-corrected chi connectivity index (χ3v) is 3.57. The second-order valence-electron chi connectivity index (χ2n) is 4.39. The quantitative estimate of drug-likeness (QED) is 0.780. The SMILES string of the molecule is COC1(CNc2cc(C(N)=S)ccn2)CCC1. The van der Waals surface area contributed by atoms with Gasteiger partial charge in [0.05, 0.1) is 5.60 Å². The first-order valence-electron chi connectivity index (χ1n) is 5.70. The van der Waals surface area contributed by atoms with Crippen LogP contribution in [0.1, 0.15) is 24.8 Å². The van der Waals surface area contributed by atoms with E-state index in [0.29, 0.717) is 4.99 Å². The Bertz CT molecular complexity index is 412. The largest absolute Gasteiger partial charge is 0.389 e. The van der Waals surface area contributed by atoms with E-state index in [9.17, 15) is 0 Å². The van der Waals surface area contributed by atoms with E-state index in [1.807, 2.05) is 12.1 Å². The highest BCUT2D eigenvalue weighted by Crippen LogP contribution is 2.34. The van der Waals surface area contributed by atoms with Crippen LogP contribution < -0.4 is 11.1 Å². The number of hydrogen-bond acceptors (Lipinski definition) is 4. The molecule has 1 aliphatic rings. The van der Waals surface area contributed by atoms with Gasteiger partial charge < -0.3 is 15.8 Å². The maximum Gasteiger partial charge on any atom is 0.126 e. The fraction of sp³-hybridized carbons (Fsp3) is 0.500. The standard InChI is InChI=1S/C12H17N3OS/c1-16-12(4-2-5-12)8-15-10-7-9(11(13)17)3-6-14-10/h3,6-7H,2,4-5,8H2,1H3,(H2,13,17)(H,14,15). The maximum absolute atomic E-state index is 5.58. The van der Waals surface area contributed by atoms with Gasteiger partial charge in [-0.1, -0.05) is 12.2 Å². The average Bonchev–Trinajstić information content (AvgIpc) is 2.28. The molecule has 3 N–H and O–H groups in total. The van der Waals surface area contributed by atoms with E-state index >= 15 is 0 Å². The molecule has 0 aromatic carbocycles. The summed E-state index contributed by atoms with van der Waals surface area (Å²) in [7, 11) is 1.76. The Morgan fingerprint density at radius 3 is 2.94 bits per heavy atom. The number of ether oxygens (including phenoxy) is 1. The highest BCUT2D eigenvalue weighted by Gasteiger charge is 2.36. The van der Waals surface area contributed by atoms with Crippen LogP contribution in [0.2, 0.25) is 0 Å². The van der Waals surface area contributed by atoms with Crippen LogP contribution in [0.15, 0.2) is 18.3 Å². The lowest BCUT2D eigenvalue weighted by Crippen LogP contribution is -2.45. The van der Waals surface area contributed by atoms with Crippen molar-refractivity contribution >= 4 is 23.0 Å². The summed E-state index contributed by atoms with van der Waals surface area (Å²) >= 11 is 4.93. The molecule has 0 aliphatic heterocycles. The van der Waals surface area contributed by atoms with Crippen LogP contribution >= 0.6 is 12.2 Å². The Kier molecular flexibility index (Phi) is 3.59. The van der Waals surface area contributed by atoms with Gasteiger partial charge in [-0.25, -0.2) is 4.98 Å². The van der Waals surface area contributed by atoms with E-state index in [1.165, 1.54) is 6.42 Å². The smallest absolute Gasteiger partial charge is 0.126 e. The molecule has 1 heterocycles. The lowest BCUT2D eigenvalue weighted by Gasteiger charge is -2.40. The molecule has 0 saturated heterocycles. The van der Waals surface area contributed by atoms with Gasteiger partial charge in [0.1, 0.15) is 10.8 Å². The Morgan fingerprint density at radius 1 is 1.65 bits per heavy atom. The predicted octanol–water partition coefficient (Wildman–Crippen LogP) is 1.70. The molecule has 1 fully saturated rings. The van der Waals surface area contributed by atoms with Gasteiger partial charge in [0.2, 0.25) is 0 Å². The van der Waals surface area contributed by atoms with Crippen LogP contribution in [-0.4, -0.2) is 29.2 Å². The topological polar surface area (TPSA) is 60.2 Å². The van der Waals surface area contributed by atoms with Gasteiger partial charge in [0.15, 0.2) is 0 Å². The lowest BCUT2D eigenvalue weighted by molar-refractivity contribution is -0.0601. The summed E-state index contributed by atoms with van der Waals surface area (Å²) in [4.78, 5) is 4.63. The molecular weight excluding hydrogens is 234 g/mol. The second kappa shape index (κ2) is 4.98. The van der Waals surface area contributed by atoms with Crippen molar-refractivity contribution in [1.29, 1.82) is 0 Å². The van der Waals surface area contributed by atoms with Gasteiger partial charge in [-0.3, -0.25) is 0 Å². The highest BCUT2D eigenvalue weighted by atomic mass is 32.1. The van der Waals surface area contributed by atoms with Gasteiger partial charge in [0, 0.05) is 25.4 Å². The van der Waals surface area contributed by atoms with Gasteiger partial charge in [0.25, 0.3) is 0 Å². The van der Waals surface area contributed by atoms with E-state index < -0.39 is 0 Å². The molecule has 4 nitrogen and oxygen atoms in total. The van der Waals surface area contributed by atoms with Crippen LogP contribution in [0.4, 0.5) is 5.82 Å². The molecule has 1 aromatic heterocycles. The van der Waals surface area contributed by atoms with Crippen LogP contribution in [0.5, 0.6) is 0 Å². The maximum atomic E-state index is 5.58. The third kappa shape index (κ3) is 2.73. The van der Waals surface area contributed by atoms with E-state index in [1.54, 1.807) is 13.3 Å². The number of nitrogens with zero attached hydrogens (tertiary/aromatic N) is 1. The fourth-order valence-corrected chi connectivity index (χ4v) is 2.08. The Labute approximate surface area is 107 Å². The van der Waals surface area contributed by atoms with Gasteiger partial charge >= 0.3 is 0 Å². The van der Waals surface area contributed by atoms with Crippen LogP contribution in [0.3, 0.4) is 0 Å². The summed E-state index contributed by atoms with van der Waals surface area (Å²) in [5.41, 5.74) is 6.40. The predicted molar refractivity (Wildman–Crippen MR) is 72.2 cm³/mol. The number of hydrogen-bond donors (Lipinski definition) is 2. The highest BCUT2D eigenvalue weighted by molar-refractivity contribution is 7.80. The molecule has 5 heteroatoms. The lowest BCUT2D eigenvalue weighted by atomic mass is 9.80. The number of aromatic nitrogens is 1. The minimum Gasteiger partial charge on any atom is -0.389 e. The average molecular weight is 251 g/mol. The molecule has 17 heavy (non-hydrogen) atoms. The summed E-state index contributed by atoms with van der Waals surface area (Å²) in [5, 5.41) is 3.28. The molecule has 0 unspecified atom stereocenters. The molecule has 1 aromatic rings. The normalized spacial score (nSPS) is 17.2. The number of rotatable bonds is 5. The van der Waals surface area contributed by atoms with Crippen molar-refractivity contribution in [1.82, 2.24) is 4.98 Å². The van der Waals surface area contributed by atoms with E-state index in [0.717, 1.165) is 30.8 Å². The molecule has 0 atom stereocenters. The summed E-state index contributed by atoms with van der Waals surface area (Å²) in [6, 6.07) is 3.67. The zero-order valence-electron chi connectivity index (χ0n) is 9.90. The Balaban J connectivity index is 1.99. The fourth-order valence-electron chi connectivity index (χ4n) is 1.96. The van der Waals surface area contributed by atoms with Gasteiger partial charge in [-0.15, -0.1) is 0 Å². The van der Waals surface area contributed by atoms with E-state index in [-0.39, 0.29) is 5.60 Å². The van der Waals surface area contributed by atoms with Crippen LogP contribution in [-0.2, 0) is 4.74 Å². The molecule has 0 bridgehead atoms. The number of nitrogens with two attached hydrogens (primary N) is 1. The van der Waals surface area contributed by atoms with E-state index in [4.69, 9.17) is 22.7 Å². The first kappa shape index (κ1) is 12.3. The molecule has 0 amide bonds. The van der Waals surface area contributed by atoms with Gasteiger partial charge in [-0.05, 0) is 31.4 Å². The number of thiocarbonyl (C=S) groups is 1. The molecular formula is C12H17N3OS. The van der Waals surface area contributed by atoms with Crippen molar-refractivity contribution in [3.63, 3.8) is 0 Å². The van der Waals surface area contributed by atoms with Crippen molar-refractivity contribution in [2.75, 3.05) is 19.0 Å². The minimum atomic E-state index is -0.0130. The summed E-state index contributed by atoms with van der Waals surface area (Å²) in [5.74, 6) is 0.790. The van der Waals surface area contributed by atoms with Crippen molar-refractivity contribution in [2.24, 2.45) is 5.73 Å². The van der Waals surface area contributed by atoms with Crippen LogP contribution in [0, 0.1) is 0 Å². The number of pyridine rings is 1. The minimum absolute atomic E-state index is 0.0130. The third-order valence-electron chi connectivity index (χ3n) is 3.33. The molecule has 92 valence electrons. The van der Waals surface area contributed by atoms with Crippen molar-refractivity contribution in [3.8, 4) is 0 Å². The number of nitrogens with one attached hydrogen (secondary N) is 1. The number of anilines is 1. The summed E-state index contributed by atoms with van der Waals surface area (Å²) in [6.07, 6.45) is 5.14. The molecule has 1 aliphatic carbocycles. The first-order valence-corrected chi connectivity index (χ1v) is 6.11. The van der Waals surface area contributed by atoms with Crippen LogP contribution in [0.25, 0.3) is 0 Å². The van der Waals surface area contributed by atoms with Crippen molar-refractivity contribution < 1.29 is 4.74 Å². The first-order chi connectivity index (χ1) is 8.15. The summed E-state index contributed by atoms with van der Waals surface area (Å²) in [6.45, 7) is 0.775. The Morgan fingerprint density at radius 2 is 2.41 bits per heavy atom. The molecule has 0 radical (unpaired) electrons. The molecule has 2 rings (SSSR count). The number of methoxy groups -OCH3 is 1. The zero-order chi connectivity index (χ0) is 12.3. The summed E-state index contributed by atoms with van der Waals surface area (Å²) < 4.78 is 5.53. The van der Waals surface area contributed by atoms with Gasteiger partial charge in [-0.2, -0.15) is 0 Å². The zero-order valence-corrected chi connectivity index (χ0v) is 10.7. The van der Waals surface area contributed by atoms with E-state index in [2.05, 4.69) is 10.3 Å². The Hall–Kier alpha value is -1.20. The molecule has 1 saturated carbocycles. The van der Waals surface area contributed by atoms with Crippen molar-refractivity contribution in [2.45, 2.75) is 24.9 Å². The monoisotopic (exact) mass is 251 g/mol. The second-order valence-corrected chi connectivity index (χ2v) is 4.83. The van der Waals surface area contributed by atoms with Crippen molar-refractivity contribution in [3.05, 3.63) is 23.9 Å².